The molecule has 0 aliphatic heterocycles. The number of carbonyl (C=O) groups is 1. The Morgan fingerprint density at radius 1 is 1.22 bits per heavy atom. The fourth-order valence-corrected chi connectivity index (χ4v) is 3.41. The van der Waals surface area contributed by atoms with Gasteiger partial charge in [0.25, 0.3) is 15.9 Å². The first-order valence-corrected chi connectivity index (χ1v) is 8.95. The second-order valence-corrected chi connectivity index (χ2v) is 7.34. The fourth-order valence-electron chi connectivity index (χ4n) is 1.97. The first kappa shape index (κ1) is 16.0. The smallest absolute Gasteiger partial charge is 0.287 e. The molecule has 1 saturated carbocycles. The van der Waals surface area contributed by atoms with E-state index in [0.29, 0.717) is 5.02 Å². The summed E-state index contributed by atoms with van der Waals surface area (Å²) in [4.78, 5) is 12.0. The Kier molecular flexibility index (Phi) is 4.43. The molecular weight excluding hydrogens is 340 g/mol. The Labute approximate surface area is 138 Å². The van der Waals surface area contributed by atoms with E-state index in [1.54, 1.807) is 18.2 Å². The minimum atomic E-state index is -3.70. The van der Waals surface area contributed by atoms with Gasteiger partial charge < -0.3 is 9.73 Å². The third-order valence-electron chi connectivity index (χ3n) is 3.37. The maximum Gasteiger partial charge on any atom is 0.287 e. The van der Waals surface area contributed by atoms with Crippen molar-refractivity contribution in [3.05, 3.63) is 52.7 Å². The monoisotopic (exact) mass is 354 g/mol. The highest BCUT2D eigenvalue weighted by atomic mass is 35.5. The Morgan fingerprint density at radius 2 is 1.96 bits per heavy atom. The van der Waals surface area contributed by atoms with Gasteiger partial charge in [-0.25, -0.2) is 13.1 Å². The lowest BCUT2D eigenvalue weighted by Gasteiger charge is -2.05. The van der Waals surface area contributed by atoms with Crippen LogP contribution in [0.15, 0.2) is 45.9 Å². The van der Waals surface area contributed by atoms with Crippen molar-refractivity contribution in [3.63, 3.8) is 0 Å². The van der Waals surface area contributed by atoms with E-state index in [0.717, 1.165) is 18.4 Å². The summed E-state index contributed by atoms with van der Waals surface area (Å²) >= 11 is 6.01. The molecule has 0 atom stereocenters. The number of halogens is 1. The zero-order chi connectivity index (χ0) is 16.4. The van der Waals surface area contributed by atoms with Gasteiger partial charge in [-0.3, -0.25) is 4.79 Å². The lowest BCUT2D eigenvalue weighted by Crippen LogP contribution is -2.25. The predicted octanol–water partition coefficient (Wildman–Crippen LogP) is 2.30. The Bertz CT molecular complexity index is 828. The van der Waals surface area contributed by atoms with Crippen molar-refractivity contribution in [1.29, 1.82) is 0 Å². The van der Waals surface area contributed by atoms with Crippen LogP contribution in [0.25, 0.3) is 0 Å². The molecule has 1 aromatic carbocycles. The van der Waals surface area contributed by atoms with E-state index < -0.39 is 15.9 Å². The highest BCUT2D eigenvalue weighted by molar-refractivity contribution is 7.89. The van der Waals surface area contributed by atoms with E-state index in [1.807, 2.05) is 6.07 Å². The van der Waals surface area contributed by atoms with E-state index in [9.17, 15) is 13.2 Å². The molecule has 0 saturated heterocycles. The summed E-state index contributed by atoms with van der Waals surface area (Å²) in [7, 11) is -3.70. The number of rotatable bonds is 6. The van der Waals surface area contributed by atoms with E-state index >= 15 is 0 Å². The normalized spacial score (nSPS) is 14.7. The molecule has 2 aromatic rings. The molecule has 6 nitrogen and oxygen atoms in total. The summed E-state index contributed by atoms with van der Waals surface area (Å²) in [6.45, 7) is 0.224. The minimum Gasteiger partial charge on any atom is -0.438 e. The van der Waals surface area contributed by atoms with Crippen LogP contribution in [-0.4, -0.2) is 20.4 Å². The average Bonchev–Trinajstić information content (AvgIpc) is 3.16. The molecule has 1 fully saturated rings. The van der Waals surface area contributed by atoms with Gasteiger partial charge in [0.1, 0.15) is 0 Å². The first-order valence-electron chi connectivity index (χ1n) is 7.09. The Morgan fingerprint density at radius 3 is 2.65 bits per heavy atom. The lowest BCUT2D eigenvalue weighted by molar-refractivity contribution is 0.0918. The minimum absolute atomic E-state index is 0.0254. The van der Waals surface area contributed by atoms with Gasteiger partial charge in [0.2, 0.25) is 5.09 Å². The first-order chi connectivity index (χ1) is 11.0. The van der Waals surface area contributed by atoms with Gasteiger partial charge >= 0.3 is 0 Å². The largest absolute Gasteiger partial charge is 0.438 e. The van der Waals surface area contributed by atoms with Gasteiger partial charge in [-0.1, -0.05) is 29.8 Å². The van der Waals surface area contributed by atoms with E-state index in [1.165, 1.54) is 12.1 Å². The molecule has 23 heavy (non-hydrogen) atoms. The number of amides is 1. The van der Waals surface area contributed by atoms with E-state index in [-0.39, 0.29) is 23.4 Å². The molecule has 122 valence electrons. The van der Waals surface area contributed by atoms with Crippen molar-refractivity contribution in [2.24, 2.45) is 0 Å². The molecule has 1 amide bonds. The quantitative estimate of drug-likeness (QED) is 0.833. The van der Waals surface area contributed by atoms with Crippen LogP contribution in [0.5, 0.6) is 0 Å². The zero-order valence-electron chi connectivity index (χ0n) is 12.1. The summed E-state index contributed by atoms with van der Waals surface area (Å²) in [5.41, 5.74) is 0.761. The van der Waals surface area contributed by atoms with Gasteiger partial charge in [0, 0.05) is 17.6 Å². The topological polar surface area (TPSA) is 88.4 Å². The van der Waals surface area contributed by atoms with Crippen molar-refractivity contribution in [1.82, 2.24) is 10.0 Å². The Hall–Kier alpha value is -1.83. The lowest BCUT2D eigenvalue weighted by atomic mass is 10.2. The van der Waals surface area contributed by atoms with Crippen molar-refractivity contribution in [2.75, 3.05) is 0 Å². The molecule has 1 aliphatic rings. The van der Waals surface area contributed by atoms with Crippen LogP contribution in [0.3, 0.4) is 0 Å². The van der Waals surface area contributed by atoms with Crippen molar-refractivity contribution < 1.29 is 17.6 Å². The molecule has 1 heterocycles. The molecule has 0 unspecified atom stereocenters. The van der Waals surface area contributed by atoms with Crippen LogP contribution < -0.4 is 10.0 Å². The standard InChI is InChI=1S/C15H15ClN2O4S/c16-12-4-2-1-3-10(12)9-17-15(19)13-7-8-14(22-13)23(20,21)18-11-5-6-11/h1-4,7-8,11,18H,5-6,9H2,(H,17,19). The van der Waals surface area contributed by atoms with Gasteiger partial charge in [-0.15, -0.1) is 0 Å². The molecule has 2 N–H and O–H groups in total. The van der Waals surface area contributed by atoms with Crippen molar-refractivity contribution in [2.45, 2.75) is 30.5 Å². The number of benzene rings is 1. The summed E-state index contributed by atoms with van der Waals surface area (Å²) in [5.74, 6) is -0.564. The van der Waals surface area contributed by atoms with Crippen LogP contribution in [0.2, 0.25) is 5.02 Å². The predicted molar refractivity (Wildman–Crippen MR) is 84.7 cm³/mol. The number of hydrogen-bond donors (Lipinski definition) is 2. The van der Waals surface area contributed by atoms with Crippen LogP contribution in [0, 0.1) is 0 Å². The van der Waals surface area contributed by atoms with Crippen molar-refractivity contribution in [3.8, 4) is 0 Å². The third kappa shape index (κ3) is 3.93. The summed E-state index contributed by atoms with van der Waals surface area (Å²) < 4.78 is 31.6. The maximum atomic E-state index is 12.0. The van der Waals surface area contributed by atoms with E-state index in [4.69, 9.17) is 16.0 Å². The highest BCUT2D eigenvalue weighted by Gasteiger charge is 2.30. The van der Waals surface area contributed by atoms with Crippen molar-refractivity contribution >= 4 is 27.5 Å². The Balaban J connectivity index is 1.65. The number of carbonyl (C=O) groups excluding carboxylic acids is 1. The van der Waals surface area contributed by atoms with Gasteiger partial charge in [0.15, 0.2) is 5.76 Å². The molecule has 0 spiro atoms. The number of nitrogens with one attached hydrogen (secondary N) is 2. The van der Waals surface area contributed by atoms with Crippen LogP contribution >= 0.6 is 11.6 Å². The molecule has 1 aliphatic carbocycles. The molecule has 0 radical (unpaired) electrons. The van der Waals surface area contributed by atoms with Gasteiger partial charge in [-0.2, -0.15) is 0 Å². The zero-order valence-corrected chi connectivity index (χ0v) is 13.7. The summed E-state index contributed by atoms with van der Waals surface area (Å²) in [6.07, 6.45) is 1.65. The van der Waals surface area contributed by atoms with Gasteiger partial charge in [0.05, 0.1) is 0 Å². The molecule has 1 aromatic heterocycles. The van der Waals surface area contributed by atoms with Crippen LogP contribution in [0.4, 0.5) is 0 Å². The summed E-state index contributed by atoms with van der Waals surface area (Å²) in [5, 5.41) is 2.93. The van der Waals surface area contributed by atoms with Crippen LogP contribution in [0.1, 0.15) is 29.0 Å². The maximum absolute atomic E-state index is 12.0. The average molecular weight is 355 g/mol. The molecular formula is C15H15ClN2O4S. The highest BCUT2D eigenvalue weighted by Crippen LogP contribution is 2.23. The molecule has 8 heteroatoms. The number of sulfonamides is 1. The summed E-state index contributed by atoms with van der Waals surface area (Å²) in [6, 6.07) is 9.71. The van der Waals surface area contributed by atoms with Crippen LogP contribution in [-0.2, 0) is 16.6 Å². The van der Waals surface area contributed by atoms with Gasteiger partial charge in [-0.05, 0) is 36.6 Å². The third-order valence-corrected chi connectivity index (χ3v) is 5.13. The molecule has 0 bridgehead atoms. The molecule has 3 rings (SSSR count). The van der Waals surface area contributed by atoms with E-state index in [2.05, 4.69) is 10.0 Å². The second kappa shape index (κ2) is 6.35. The SMILES string of the molecule is O=C(NCc1ccccc1Cl)c1ccc(S(=O)(=O)NC2CC2)o1. The number of furan rings is 1. The second-order valence-electron chi connectivity index (χ2n) is 5.29. The fraction of sp³-hybridized carbons (Fsp3) is 0.267. The number of hydrogen-bond acceptors (Lipinski definition) is 4.